The summed E-state index contributed by atoms with van der Waals surface area (Å²) in [5.41, 5.74) is 0. The Bertz CT molecular complexity index is 244. The summed E-state index contributed by atoms with van der Waals surface area (Å²) in [6, 6.07) is -0.824. The van der Waals surface area contributed by atoms with Crippen molar-refractivity contribution in [1.29, 1.82) is 0 Å². The molecule has 62 valence electrons. The molecule has 0 aliphatic heterocycles. The van der Waals surface area contributed by atoms with Crippen molar-refractivity contribution < 1.29 is 22.4 Å². The number of nitrogens with zero attached hydrogens (tertiary/aromatic N) is 2. The molecular weight excluding hydrogens is 165 g/mol. The summed E-state index contributed by atoms with van der Waals surface area (Å²) in [5.74, 6) is 0.0178. The molecule has 1 aromatic rings. The summed E-state index contributed by atoms with van der Waals surface area (Å²) in [4.78, 5) is 3.18. The summed E-state index contributed by atoms with van der Waals surface area (Å²) in [6.07, 6.45) is -4.77. The van der Waals surface area contributed by atoms with Crippen molar-refractivity contribution in [2.24, 2.45) is 0 Å². The number of alkyl halides is 3. The Balaban J connectivity index is 2.65. The van der Waals surface area contributed by atoms with Crippen LogP contribution in [0.5, 0.6) is 6.01 Å². The molecule has 0 bridgehead atoms. The molecule has 0 radical (unpaired) electrons. The van der Waals surface area contributed by atoms with Gasteiger partial charge in [-0.25, -0.2) is 0 Å². The third kappa shape index (κ3) is 2.44. The molecule has 0 fully saturated rings. The van der Waals surface area contributed by atoms with Crippen LogP contribution in [0, 0.1) is 6.92 Å². The smallest absolute Gasteiger partial charge is 0.368 e. The van der Waals surface area contributed by atoms with Crippen LogP contribution in [0.15, 0.2) is 4.52 Å². The molecule has 0 amide bonds. The Labute approximate surface area is 59.0 Å². The highest BCUT2D eigenvalue weighted by Gasteiger charge is 2.33. The molecule has 0 saturated heterocycles. The molecule has 4 nitrogen and oxygen atoms in total. The zero-order valence-electron chi connectivity index (χ0n) is 5.34. The van der Waals surface area contributed by atoms with Gasteiger partial charge in [0.25, 0.3) is 0 Å². The van der Waals surface area contributed by atoms with Gasteiger partial charge in [0.2, 0.25) is 5.89 Å². The highest BCUT2D eigenvalue weighted by atomic mass is 19.4. The van der Waals surface area contributed by atoms with Crippen molar-refractivity contribution in [2.75, 3.05) is 0 Å². The molecule has 0 unspecified atom stereocenters. The lowest BCUT2D eigenvalue weighted by atomic mass is 10.8. The van der Waals surface area contributed by atoms with Crippen LogP contribution in [0.25, 0.3) is 0 Å². The number of ether oxygens (including phenoxy) is 1. The van der Waals surface area contributed by atoms with Gasteiger partial charge in [-0.1, -0.05) is 0 Å². The summed E-state index contributed by atoms with van der Waals surface area (Å²) < 4.78 is 41.8. The second-order valence-electron chi connectivity index (χ2n) is 1.64. The average Bonchev–Trinajstić information content (AvgIpc) is 2.10. The van der Waals surface area contributed by atoms with Gasteiger partial charge in [-0.2, -0.15) is 4.98 Å². The third-order valence-electron chi connectivity index (χ3n) is 0.716. The summed E-state index contributed by atoms with van der Waals surface area (Å²) in [6.45, 7) is 1.36. The molecule has 7 heteroatoms. The fourth-order valence-electron chi connectivity index (χ4n) is 0.426. The minimum Gasteiger partial charge on any atom is -0.368 e. The van der Waals surface area contributed by atoms with Gasteiger partial charge in [-0.15, -0.1) is 13.2 Å². The summed E-state index contributed by atoms with van der Waals surface area (Å²) in [7, 11) is 0. The van der Waals surface area contributed by atoms with Crippen LogP contribution >= 0.6 is 0 Å². The first-order valence-electron chi connectivity index (χ1n) is 2.53. The molecule has 0 aromatic carbocycles. The SMILES string of the molecule is Cc1nc(OC(F)(F)F)no1. The second-order valence-corrected chi connectivity index (χ2v) is 1.64. The van der Waals surface area contributed by atoms with E-state index in [1.54, 1.807) is 0 Å². The van der Waals surface area contributed by atoms with Crippen molar-refractivity contribution in [3.63, 3.8) is 0 Å². The van der Waals surface area contributed by atoms with Gasteiger partial charge >= 0.3 is 12.4 Å². The van der Waals surface area contributed by atoms with E-state index in [0.717, 1.165) is 0 Å². The van der Waals surface area contributed by atoms with Gasteiger partial charge in [0, 0.05) is 6.92 Å². The fraction of sp³-hybridized carbons (Fsp3) is 0.500. The molecule has 11 heavy (non-hydrogen) atoms. The Morgan fingerprint density at radius 3 is 2.45 bits per heavy atom. The van der Waals surface area contributed by atoms with E-state index in [1.807, 2.05) is 0 Å². The van der Waals surface area contributed by atoms with Crippen molar-refractivity contribution in [1.82, 2.24) is 10.1 Å². The lowest BCUT2D eigenvalue weighted by Crippen LogP contribution is -2.17. The van der Waals surface area contributed by atoms with Crippen LogP contribution in [-0.4, -0.2) is 16.5 Å². The van der Waals surface area contributed by atoms with E-state index in [-0.39, 0.29) is 5.89 Å². The third-order valence-corrected chi connectivity index (χ3v) is 0.716. The molecule has 0 spiro atoms. The largest absolute Gasteiger partial charge is 0.575 e. The molecule has 1 aromatic heterocycles. The second kappa shape index (κ2) is 2.40. The van der Waals surface area contributed by atoms with Gasteiger partial charge in [0.1, 0.15) is 0 Å². The predicted molar refractivity (Wildman–Crippen MR) is 25.7 cm³/mol. The van der Waals surface area contributed by atoms with E-state index < -0.39 is 12.4 Å². The lowest BCUT2D eigenvalue weighted by Gasteiger charge is -2.01. The van der Waals surface area contributed by atoms with E-state index in [1.165, 1.54) is 6.92 Å². The first-order chi connectivity index (χ1) is 4.97. The number of rotatable bonds is 1. The Kier molecular flexibility index (Phi) is 1.71. The van der Waals surface area contributed by atoms with E-state index in [9.17, 15) is 13.2 Å². The summed E-state index contributed by atoms with van der Waals surface area (Å²) in [5, 5.41) is 2.87. The number of hydrogen-bond acceptors (Lipinski definition) is 4. The van der Waals surface area contributed by atoms with E-state index >= 15 is 0 Å². The first kappa shape index (κ1) is 7.83. The highest BCUT2D eigenvalue weighted by molar-refractivity contribution is 4.89. The maximum Gasteiger partial charge on any atom is 0.575 e. The van der Waals surface area contributed by atoms with Crippen LogP contribution in [0.1, 0.15) is 5.89 Å². The van der Waals surface area contributed by atoms with Crippen LogP contribution in [0.3, 0.4) is 0 Å². The van der Waals surface area contributed by atoms with Gasteiger partial charge in [-0.05, 0) is 5.16 Å². The van der Waals surface area contributed by atoms with Crippen molar-refractivity contribution >= 4 is 0 Å². The topological polar surface area (TPSA) is 48.2 Å². The van der Waals surface area contributed by atoms with Crippen LogP contribution in [0.2, 0.25) is 0 Å². The van der Waals surface area contributed by atoms with Crippen molar-refractivity contribution in [3.05, 3.63) is 5.89 Å². The van der Waals surface area contributed by atoms with Crippen LogP contribution < -0.4 is 4.74 Å². The molecule has 0 aliphatic rings. The number of hydrogen-bond donors (Lipinski definition) is 0. The number of aromatic nitrogens is 2. The minimum atomic E-state index is -4.77. The quantitative estimate of drug-likeness (QED) is 0.633. The molecule has 0 saturated carbocycles. The van der Waals surface area contributed by atoms with Gasteiger partial charge in [0.15, 0.2) is 0 Å². The van der Waals surface area contributed by atoms with Crippen LogP contribution in [-0.2, 0) is 0 Å². The summed E-state index contributed by atoms with van der Waals surface area (Å²) >= 11 is 0. The van der Waals surface area contributed by atoms with Gasteiger partial charge in [-0.3, -0.25) is 0 Å². The zero-order chi connectivity index (χ0) is 8.48. The molecule has 1 heterocycles. The van der Waals surface area contributed by atoms with E-state index in [4.69, 9.17) is 0 Å². The fourth-order valence-corrected chi connectivity index (χ4v) is 0.426. The zero-order valence-corrected chi connectivity index (χ0v) is 5.34. The predicted octanol–water partition coefficient (Wildman–Crippen LogP) is 1.28. The lowest BCUT2D eigenvalue weighted by molar-refractivity contribution is -0.278. The molecule has 1 rings (SSSR count). The van der Waals surface area contributed by atoms with Crippen molar-refractivity contribution in [3.8, 4) is 6.01 Å². The molecule has 0 atom stereocenters. The van der Waals surface area contributed by atoms with E-state index in [2.05, 4.69) is 19.4 Å². The molecular formula is C4H3F3N2O2. The molecule has 0 N–H and O–H groups in total. The monoisotopic (exact) mass is 168 g/mol. The Morgan fingerprint density at radius 1 is 1.45 bits per heavy atom. The first-order valence-corrected chi connectivity index (χ1v) is 2.53. The number of halogens is 3. The minimum absolute atomic E-state index is 0.0178. The highest BCUT2D eigenvalue weighted by Crippen LogP contribution is 2.18. The van der Waals surface area contributed by atoms with Gasteiger partial charge < -0.3 is 9.26 Å². The maximum atomic E-state index is 11.4. The van der Waals surface area contributed by atoms with Gasteiger partial charge in [0.05, 0.1) is 0 Å². The normalized spacial score (nSPS) is 11.6. The standard InChI is InChI=1S/C4H3F3N2O2/c1-2-8-3(9-11-2)10-4(5,6)7/h1H3. The molecule has 0 aliphatic carbocycles. The van der Waals surface area contributed by atoms with E-state index in [0.29, 0.717) is 0 Å². The number of aryl methyl sites for hydroxylation is 1. The Morgan fingerprint density at radius 2 is 2.09 bits per heavy atom. The Hall–Kier alpha value is -1.27. The average molecular weight is 168 g/mol. The van der Waals surface area contributed by atoms with Crippen LogP contribution in [0.4, 0.5) is 13.2 Å². The van der Waals surface area contributed by atoms with Crippen molar-refractivity contribution in [2.45, 2.75) is 13.3 Å². The maximum absolute atomic E-state index is 11.4.